The van der Waals surface area contributed by atoms with Crippen molar-refractivity contribution in [2.24, 2.45) is 22.6 Å². The fraction of sp³-hybridized carbons (Fsp3) is 0.857. The van der Waals surface area contributed by atoms with Crippen molar-refractivity contribution in [3.05, 3.63) is 0 Å². The molecule has 0 aliphatic rings. The van der Waals surface area contributed by atoms with Gasteiger partial charge in [0.25, 0.3) is 0 Å². The summed E-state index contributed by atoms with van der Waals surface area (Å²) in [6.07, 6.45) is 1.77. The largest absolute Gasteiger partial charge is 0.323 e. The first-order valence-corrected chi connectivity index (χ1v) is 6.61. The number of hydrogen-bond donors (Lipinski definition) is 2. The van der Waals surface area contributed by atoms with Crippen LogP contribution in [0.5, 0.6) is 0 Å². The van der Waals surface area contributed by atoms with Gasteiger partial charge in [0.15, 0.2) is 0 Å². The fourth-order valence-corrected chi connectivity index (χ4v) is 1.77. The van der Waals surface area contributed by atoms with Gasteiger partial charge in [-0.05, 0) is 38.5 Å². The van der Waals surface area contributed by atoms with Crippen molar-refractivity contribution < 1.29 is 0 Å². The summed E-state index contributed by atoms with van der Waals surface area (Å²) in [7, 11) is 0. The smallest absolute Gasteiger partial charge is 0.0845 e. The van der Waals surface area contributed by atoms with Crippen LogP contribution < -0.4 is 5.73 Å². The fourth-order valence-electron chi connectivity index (χ4n) is 1.77. The van der Waals surface area contributed by atoms with Gasteiger partial charge in [0.2, 0.25) is 0 Å². The van der Waals surface area contributed by atoms with Crippen molar-refractivity contribution in [2.45, 2.75) is 66.5 Å². The van der Waals surface area contributed by atoms with Crippen LogP contribution in [-0.2, 0) is 0 Å². The molecule has 0 spiro atoms. The van der Waals surface area contributed by atoms with Crippen LogP contribution in [0.1, 0.15) is 54.4 Å². The molecule has 0 aromatic rings. The maximum atomic E-state index is 7.95. The molecule has 2 unspecified atom stereocenters. The minimum absolute atomic E-state index is 0.0318. The Morgan fingerprint density at radius 1 is 1.12 bits per heavy atom. The molecule has 0 heterocycles. The summed E-state index contributed by atoms with van der Waals surface area (Å²) >= 11 is 0. The van der Waals surface area contributed by atoms with E-state index in [1.807, 2.05) is 13.8 Å². The maximum Gasteiger partial charge on any atom is 0.0845 e. The molecule has 100 valence electrons. The molecule has 0 fully saturated rings. The first-order valence-electron chi connectivity index (χ1n) is 6.61. The Kier molecular flexibility index (Phi) is 7.28. The molecule has 3 N–H and O–H groups in total. The molecule has 0 rings (SSSR count). The van der Waals surface area contributed by atoms with Gasteiger partial charge in [-0.2, -0.15) is 0 Å². The highest BCUT2D eigenvalue weighted by molar-refractivity contribution is 5.92. The maximum absolute atomic E-state index is 7.95. The van der Waals surface area contributed by atoms with Crippen molar-refractivity contribution >= 4 is 11.4 Å². The lowest BCUT2D eigenvalue weighted by molar-refractivity contribution is 0.558. The van der Waals surface area contributed by atoms with Gasteiger partial charge in [-0.15, -0.1) is 0 Å². The first kappa shape index (κ1) is 16.3. The number of nitrogens with one attached hydrogen (secondary N) is 1. The van der Waals surface area contributed by atoms with Crippen molar-refractivity contribution in [3.63, 3.8) is 0 Å². The van der Waals surface area contributed by atoms with Crippen LogP contribution in [0.3, 0.4) is 0 Å². The number of hydrogen-bond acceptors (Lipinski definition) is 3. The summed E-state index contributed by atoms with van der Waals surface area (Å²) in [6, 6.07) is -0.0000813. The molecule has 0 saturated carbocycles. The van der Waals surface area contributed by atoms with Crippen LogP contribution in [0.25, 0.3) is 0 Å². The zero-order chi connectivity index (χ0) is 13.6. The average molecular weight is 239 g/mol. The Labute approximate surface area is 106 Å². The second-order valence-corrected chi connectivity index (χ2v) is 5.81. The van der Waals surface area contributed by atoms with Crippen LogP contribution in [0.2, 0.25) is 0 Å². The van der Waals surface area contributed by atoms with E-state index in [1.54, 1.807) is 0 Å². The minimum atomic E-state index is -0.0318. The minimum Gasteiger partial charge on any atom is -0.323 e. The second kappa shape index (κ2) is 7.59. The predicted octanol–water partition coefficient (Wildman–Crippen LogP) is 3.28. The van der Waals surface area contributed by atoms with Crippen LogP contribution >= 0.6 is 0 Å². The van der Waals surface area contributed by atoms with Gasteiger partial charge < -0.3 is 11.1 Å². The molecule has 0 bridgehead atoms. The number of rotatable bonds is 7. The highest BCUT2D eigenvalue weighted by Crippen LogP contribution is 2.09. The average Bonchev–Trinajstić information content (AvgIpc) is 2.15. The monoisotopic (exact) mass is 239 g/mol. The Morgan fingerprint density at radius 2 is 1.65 bits per heavy atom. The van der Waals surface area contributed by atoms with E-state index in [1.165, 1.54) is 0 Å². The number of nitrogens with zero attached hydrogens (tertiary/aromatic N) is 1. The molecule has 2 atom stereocenters. The molecule has 3 nitrogen and oxygen atoms in total. The zero-order valence-electron chi connectivity index (χ0n) is 12.2. The summed E-state index contributed by atoms with van der Waals surface area (Å²) in [5.41, 5.74) is 7.74. The molecule has 0 aliphatic heterocycles. The molecule has 0 radical (unpaired) electrons. The molecule has 3 heteroatoms. The van der Waals surface area contributed by atoms with E-state index in [9.17, 15) is 0 Å². The van der Waals surface area contributed by atoms with Crippen LogP contribution in [0, 0.1) is 17.2 Å². The van der Waals surface area contributed by atoms with E-state index in [4.69, 9.17) is 11.1 Å². The van der Waals surface area contributed by atoms with Gasteiger partial charge in [0, 0.05) is 17.5 Å². The third kappa shape index (κ3) is 7.27. The number of aliphatic imine (C=N–C) groups is 1. The second-order valence-electron chi connectivity index (χ2n) is 5.81. The summed E-state index contributed by atoms with van der Waals surface area (Å²) in [5.74, 6) is 1.10. The van der Waals surface area contributed by atoms with Crippen molar-refractivity contribution in [2.75, 3.05) is 0 Å². The molecule has 17 heavy (non-hydrogen) atoms. The van der Waals surface area contributed by atoms with Gasteiger partial charge in [0.1, 0.15) is 0 Å². The van der Waals surface area contributed by atoms with E-state index < -0.39 is 0 Å². The Morgan fingerprint density at radius 3 is 2.06 bits per heavy atom. The third-order valence-corrected chi connectivity index (χ3v) is 2.79. The Hall–Kier alpha value is -0.700. The summed E-state index contributed by atoms with van der Waals surface area (Å²) in [5, 5.41) is 7.95. The molecule has 0 aliphatic carbocycles. The molecular weight excluding hydrogens is 210 g/mol. The summed E-state index contributed by atoms with van der Waals surface area (Å²) in [4.78, 5) is 4.55. The molecule has 0 amide bonds. The number of nitrogens with two attached hydrogens (primary N) is 1. The van der Waals surface area contributed by atoms with Crippen molar-refractivity contribution in [1.29, 1.82) is 5.41 Å². The predicted molar refractivity (Wildman–Crippen MR) is 77.2 cm³/mol. The Balaban J connectivity index is 4.40. The van der Waals surface area contributed by atoms with Crippen LogP contribution in [-0.4, -0.2) is 23.5 Å². The summed E-state index contributed by atoms with van der Waals surface area (Å²) < 4.78 is 0. The van der Waals surface area contributed by atoms with E-state index in [0.717, 1.165) is 18.6 Å². The van der Waals surface area contributed by atoms with E-state index >= 15 is 0 Å². The van der Waals surface area contributed by atoms with E-state index in [0.29, 0.717) is 17.5 Å². The summed E-state index contributed by atoms with van der Waals surface area (Å²) in [6.45, 7) is 12.5. The van der Waals surface area contributed by atoms with Gasteiger partial charge in [-0.3, -0.25) is 4.99 Å². The Bertz CT molecular complexity index is 267. The van der Waals surface area contributed by atoms with Crippen LogP contribution in [0.15, 0.2) is 4.99 Å². The van der Waals surface area contributed by atoms with Gasteiger partial charge in [-0.1, -0.05) is 27.7 Å². The van der Waals surface area contributed by atoms with Gasteiger partial charge in [-0.25, -0.2) is 0 Å². The van der Waals surface area contributed by atoms with Crippen LogP contribution in [0.4, 0.5) is 0 Å². The topological polar surface area (TPSA) is 62.2 Å². The molecular formula is C14H29N3. The van der Waals surface area contributed by atoms with Crippen molar-refractivity contribution in [3.8, 4) is 0 Å². The highest BCUT2D eigenvalue weighted by atomic mass is 14.8. The van der Waals surface area contributed by atoms with E-state index in [2.05, 4.69) is 32.7 Å². The van der Waals surface area contributed by atoms with Gasteiger partial charge in [0.05, 0.1) is 6.04 Å². The first-order chi connectivity index (χ1) is 7.73. The van der Waals surface area contributed by atoms with Crippen molar-refractivity contribution in [1.82, 2.24) is 0 Å². The molecule has 0 aromatic carbocycles. The molecule has 0 saturated heterocycles. The SMILES string of the molecule is CC(=NC(C)C(=N)CC(C)C)C(N)CC(C)C. The molecule has 0 aromatic heterocycles. The standard InChI is InChI=1S/C14H29N3/c1-9(2)7-13(15)11(5)17-12(6)14(16)8-10(3)4/h9-11,14-15H,7-8,16H2,1-6H3. The normalized spacial score (nSPS) is 16.4. The quantitative estimate of drug-likeness (QED) is 0.658. The van der Waals surface area contributed by atoms with E-state index in [-0.39, 0.29) is 12.1 Å². The lowest BCUT2D eigenvalue weighted by Gasteiger charge is -2.17. The lowest BCUT2D eigenvalue weighted by Crippen LogP contribution is -2.31. The third-order valence-electron chi connectivity index (χ3n) is 2.79. The zero-order valence-corrected chi connectivity index (χ0v) is 12.2. The lowest BCUT2D eigenvalue weighted by atomic mass is 10.00. The highest BCUT2D eigenvalue weighted by Gasteiger charge is 2.13. The van der Waals surface area contributed by atoms with Gasteiger partial charge >= 0.3 is 0 Å².